The maximum absolute atomic E-state index is 12.2. The number of hydrogen-bond donors (Lipinski definition) is 2. The molecule has 0 aliphatic carbocycles. The second kappa shape index (κ2) is 6.65. The van der Waals surface area contributed by atoms with Gasteiger partial charge in [0.2, 0.25) is 0 Å². The van der Waals surface area contributed by atoms with Gasteiger partial charge in [-0.2, -0.15) is 5.10 Å². The molecule has 2 N–H and O–H groups in total. The number of amides is 1. The number of benzene rings is 1. The van der Waals surface area contributed by atoms with Crippen molar-refractivity contribution in [1.82, 2.24) is 10.2 Å². The van der Waals surface area contributed by atoms with Gasteiger partial charge in [0.1, 0.15) is 18.1 Å². The monoisotopic (exact) mass is 309 g/mol. The van der Waals surface area contributed by atoms with Crippen LogP contribution in [-0.4, -0.2) is 22.7 Å². The zero-order chi connectivity index (χ0) is 16.1. The third kappa shape index (κ3) is 3.49. The third-order valence-corrected chi connectivity index (χ3v) is 3.06. The van der Waals surface area contributed by atoms with E-state index < -0.39 is 0 Å². The zero-order valence-corrected chi connectivity index (χ0v) is 12.3. The first-order valence-electron chi connectivity index (χ1n) is 7.00. The van der Waals surface area contributed by atoms with E-state index in [-0.39, 0.29) is 11.6 Å². The van der Waals surface area contributed by atoms with Gasteiger partial charge in [0.25, 0.3) is 5.91 Å². The van der Waals surface area contributed by atoms with Crippen molar-refractivity contribution in [1.29, 1.82) is 0 Å². The first kappa shape index (κ1) is 14.6. The fraction of sp³-hybridized carbons (Fsp3) is 0.0588. The lowest BCUT2D eigenvalue weighted by Gasteiger charge is -2.06. The van der Waals surface area contributed by atoms with Gasteiger partial charge >= 0.3 is 0 Å². The van der Waals surface area contributed by atoms with Gasteiger partial charge in [-0.1, -0.05) is 18.7 Å². The van der Waals surface area contributed by atoms with E-state index in [1.165, 1.54) is 0 Å². The summed E-state index contributed by atoms with van der Waals surface area (Å²) in [5.74, 6) is 0.956. The van der Waals surface area contributed by atoms with Crippen molar-refractivity contribution in [3.05, 3.63) is 67.1 Å². The Labute approximate surface area is 132 Å². The van der Waals surface area contributed by atoms with Crippen LogP contribution in [0, 0.1) is 0 Å². The van der Waals surface area contributed by atoms with Crippen LogP contribution in [-0.2, 0) is 0 Å². The minimum absolute atomic E-state index is 0.272. The van der Waals surface area contributed by atoms with Crippen LogP contribution in [0.3, 0.4) is 0 Å². The van der Waals surface area contributed by atoms with Crippen molar-refractivity contribution < 1.29 is 13.9 Å². The Balaban J connectivity index is 1.70. The molecule has 0 bridgehead atoms. The average Bonchev–Trinajstić information content (AvgIpc) is 3.24. The Morgan fingerprint density at radius 1 is 1.35 bits per heavy atom. The molecule has 0 unspecified atom stereocenters. The zero-order valence-electron chi connectivity index (χ0n) is 12.3. The molecule has 0 aliphatic heterocycles. The lowest BCUT2D eigenvalue weighted by Crippen LogP contribution is -2.12. The van der Waals surface area contributed by atoms with Crippen molar-refractivity contribution in [2.75, 3.05) is 11.9 Å². The summed E-state index contributed by atoms with van der Waals surface area (Å²) in [4.78, 5) is 12.2. The summed E-state index contributed by atoms with van der Waals surface area (Å²) in [5.41, 5.74) is 1.54. The SMILES string of the molecule is C=CCOc1cccc(NC(=O)c2cc(-c3ccco3)[nH]n2)c1. The molecule has 23 heavy (non-hydrogen) atoms. The molecule has 0 spiro atoms. The van der Waals surface area contributed by atoms with Gasteiger partial charge in [-0.25, -0.2) is 0 Å². The van der Waals surface area contributed by atoms with Crippen LogP contribution in [0.15, 0.2) is 65.8 Å². The molecule has 0 saturated heterocycles. The van der Waals surface area contributed by atoms with Gasteiger partial charge in [-0.15, -0.1) is 0 Å². The summed E-state index contributed by atoms with van der Waals surface area (Å²) >= 11 is 0. The Morgan fingerprint density at radius 3 is 3.04 bits per heavy atom. The molecule has 3 aromatic rings. The lowest BCUT2D eigenvalue weighted by molar-refractivity contribution is 0.102. The van der Waals surface area contributed by atoms with Gasteiger partial charge in [-0.3, -0.25) is 9.89 Å². The van der Waals surface area contributed by atoms with Crippen LogP contribution in [0.4, 0.5) is 5.69 Å². The maximum Gasteiger partial charge on any atom is 0.276 e. The van der Waals surface area contributed by atoms with Crippen LogP contribution >= 0.6 is 0 Å². The molecular weight excluding hydrogens is 294 g/mol. The summed E-state index contributed by atoms with van der Waals surface area (Å²) in [6.07, 6.45) is 3.22. The van der Waals surface area contributed by atoms with Gasteiger partial charge in [-0.05, 0) is 24.3 Å². The fourth-order valence-electron chi connectivity index (χ4n) is 2.01. The smallest absolute Gasteiger partial charge is 0.276 e. The predicted molar refractivity (Wildman–Crippen MR) is 86.4 cm³/mol. The normalized spacial score (nSPS) is 10.3. The molecule has 1 amide bonds. The number of carbonyl (C=O) groups excluding carboxylic acids is 1. The highest BCUT2D eigenvalue weighted by Crippen LogP contribution is 2.20. The number of H-pyrrole nitrogens is 1. The van der Waals surface area contributed by atoms with E-state index in [0.29, 0.717) is 29.5 Å². The Morgan fingerprint density at radius 2 is 2.26 bits per heavy atom. The van der Waals surface area contributed by atoms with E-state index in [0.717, 1.165) is 0 Å². The minimum atomic E-state index is -0.320. The molecule has 6 heteroatoms. The summed E-state index contributed by atoms with van der Waals surface area (Å²) in [5, 5.41) is 9.55. The average molecular weight is 309 g/mol. The molecule has 2 heterocycles. The number of aromatic amines is 1. The Hall–Kier alpha value is -3.28. The van der Waals surface area contributed by atoms with E-state index >= 15 is 0 Å². The minimum Gasteiger partial charge on any atom is -0.489 e. The van der Waals surface area contributed by atoms with Gasteiger partial charge in [0.05, 0.1) is 6.26 Å². The molecule has 6 nitrogen and oxygen atoms in total. The first-order chi connectivity index (χ1) is 11.3. The van der Waals surface area contributed by atoms with Gasteiger partial charge < -0.3 is 14.5 Å². The van der Waals surface area contributed by atoms with Crippen LogP contribution in [0.25, 0.3) is 11.5 Å². The standard InChI is InChI=1S/C17H15N3O3/c1-2-8-22-13-6-3-5-12(10-13)18-17(21)15-11-14(19-20-15)16-7-4-9-23-16/h2-7,9-11H,1,8H2,(H,18,21)(H,19,20). The summed E-state index contributed by atoms with van der Waals surface area (Å²) in [6, 6.07) is 12.3. The number of nitrogens with zero attached hydrogens (tertiary/aromatic N) is 1. The third-order valence-electron chi connectivity index (χ3n) is 3.06. The summed E-state index contributed by atoms with van der Waals surface area (Å²) in [6.45, 7) is 4.00. The number of rotatable bonds is 6. The topological polar surface area (TPSA) is 80.1 Å². The van der Waals surface area contributed by atoms with Crippen LogP contribution in [0.1, 0.15) is 10.5 Å². The number of nitrogens with one attached hydrogen (secondary N) is 2. The lowest BCUT2D eigenvalue weighted by atomic mass is 10.2. The van der Waals surface area contributed by atoms with E-state index in [9.17, 15) is 4.79 Å². The largest absolute Gasteiger partial charge is 0.489 e. The molecule has 116 valence electrons. The van der Waals surface area contributed by atoms with Crippen molar-refractivity contribution in [2.45, 2.75) is 0 Å². The number of ether oxygens (including phenoxy) is 1. The fourth-order valence-corrected chi connectivity index (χ4v) is 2.01. The van der Waals surface area contributed by atoms with Crippen molar-refractivity contribution in [3.8, 4) is 17.2 Å². The number of aromatic nitrogens is 2. The van der Waals surface area contributed by atoms with Crippen molar-refractivity contribution in [2.24, 2.45) is 0 Å². The molecule has 1 aromatic carbocycles. The highest BCUT2D eigenvalue weighted by atomic mass is 16.5. The molecule has 0 aliphatic rings. The number of hydrogen-bond acceptors (Lipinski definition) is 4. The molecule has 0 atom stereocenters. The predicted octanol–water partition coefficient (Wildman–Crippen LogP) is 3.49. The van der Waals surface area contributed by atoms with Gasteiger partial charge in [0, 0.05) is 17.8 Å². The van der Waals surface area contributed by atoms with E-state index in [1.807, 2.05) is 6.07 Å². The highest BCUT2D eigenvalue weighted by molar-refractivity contribution is 6.03. The number of furan rings is 1. The molecule has 3 rings (SSSR count). The summed E-state index contributed by atoms with van der Waals surface area (Å²) < 4.78 is 10.7. The second-order valence-electron chi connectivity index (χ2n) is 4.73. The van der Waals surface area contributed by atoms with Crippen LogP contribution in [0.5, 0.6) is 5.75 Å². The second-order valence-corrected chi connectivity index (χ2v) is 4.73. The van der Waals surface area contributed by atoms with Crippen LogP contribution in [0.2, 0.25) is 0 Å². The Kier molecular flexibility index (Phi) is 4.24. The quantitative estimate of drug-likeness (QED) is 0.683. The van der Waals surface area contributed by atoms with E-state index in [2.05, 4.69) is 22.1 Å². The van der Waals surface area contributed by atoms with E-state index in [4.69, 9.17) is 9.15 Å². The molecule has 0 radical (unpaired) electrons. The maximum atomic E-state index is 12.2. The summed E-state index contributed by atoms with van der Waals surface area (Å²) in [7, 11) is 0. The Bertz CT molecular complexity index is 806. The molecule has 0 saturated carbocycles. The van der Waals surface area contributed by atoms with Gasteiger partial charge in [0.15, 0.2) is 11.5 Å². The van der Waals surface area contributed by atoms with Crippen LogP contribution < -0.4 is 10.1 Å². The number of anilines is 1. The van der Waals surface area contributed by atoms with Crippen molar-refractivity contribution in [3.63, 3.8) is 0 Å². The van der Waals surface area contributed by atoms with E-state index in [1.54, 1.807) is 48.7 Å². The highest BCUT2D eigenvalue weighted by Gasteiger charge is 2.13. The number of carbonyl (C=O) groups is 1. The van der Waals surface area contributed by atoms with Crippen molar-refractivity contribution >= 4 is 11.6 Å². The molecule has 2 aromatic heterocycles. The molecule has 0 fully saturated rings. The molecular formula is C17H15N3O3. The first-order valence-corrected chi connectivity index (χ1v) is 7.00.